The van der Waals surface area contributed by atoms with Crippen molar-refractivity contribution >= 4 is 6.29 Å². The average molecular weight is 178 g/mol. The maximum atomic E-state index is 10.6. The topological polar surface area (TPSA) is 26.3 Å². The molecule has 0 aromatic heterocycles. The van der Waals surface area contributed by atoms with Crippen molar-refractivity contribution in [2.45, 2.75) is 26.9 Å². The first-order valence-corrected chi connectivity index (χ1v) is 4.36. The zero-order valence-electron chi connectivity index (χ0n) is 8.20. The van der Waals surface area contributed by atoms with Crippen LogP contribution >= 0.6 is 0 Å². The molecule has 0 amide bonds. The lowest BCUT2D eigenvalue weighted by atomic mass is 10.1. The number of carbonyl (C=O) groups is 1. The Morgan fingerprint density at radius 3 is 2.62 bits per heavy atom. The van der Waals surface area contributed by atoms with E-state index in [9.17, 15) is 4.79 Å². The zero-order valence-corrected chi connectivity index (χ0v) is 8.20. The predicted octanol–water partition coefficient (Wildman–Crippen LogP) is 2.59. The molecule has 1 aromatic rings. The molecule has 70 valence electrons. The molecule has 2 heteroatoms. The highest BCUT2D eigenvalue weighted by Crippen LogP contribution is 2.16. The normalized spacial score (nSPS) is 10.2. The van der Waals surface area contributed by atoms with Crippen LogP contribution in [0.5, 0.6) is 5.75 Å². The first kappa shape index (κ1) is 9.78. The van der Waals surface area contributed by atoms with Crippen LogP contribution in [0.15, 0.2) is 18.2 Å². The molecule has 0 N–H and O–H groups in total. The quantitative estimate of drug-likeness (QED) is 0.665. The molecular formula is C11H14O2. The number of aldehydes is 1. The minimum absolute atomic E-state index is 0.141. The van der Waals surface area contributed by atoms with Gasteiger partial charge in [-0.1, -0.05) is 6.07 Å². The van der Waals surface area contributed by atoms with Gasteiger partial charge in [0, 0.05) is 5.56 Å². The van der Waals surface area contributed by atoms with E-state index in [0.29, 0.717) is 5.56 Å². The van der Waals surface area contributed by atoms with Gasteiger partial charge >= 0.3 is 0 Å². The smallest absolute Gasteiger partial charge is 0.150 e. The van der Waals surface area contributed by atoms with Crippen molar-refractivity contribution in [3.05, 3.63) is 29.3 Å². The van der Waals surface area contributed by atoms with E-state index in [0.717, 1.165) is 17.6 Å². The first-order valence-electron chi connectivity index (χ1n) is 4.36. The predicted molar refractivity (Wildman–Crippen MR) is 52.3 cm³/mol. The summed E-state index contributed by atoms with van der Waals surface area (Å²) in [6.45, 7) is 5.82. The van der Waals surface area contributed by atoms with E-state index in [1.54, 1.807) is 6.07 Å². The summed E-state index contributed by atoms with van der Waals surface area (Å²) in [5.74, 6) is 0.753. The van der Waals surface area contributed by atoms with E-state index < -0.39 is 0 Å². The van der Waals surface area contributed by atoms with Crippen molar-refractivity contribution < 1.29 is 9.53 Å². The van der Waals surface area contributed by atoms with Crippen molar-refractivity contribution in [1.82, 2.24) is 0 Å². The van der Waals surface area contributed by atoms with Crippen LogP contribution < -0.4 is 4.74 Å². The van der Waals surface area contributed by atoms with E-state index in [1.165, 1.54) is 0 Å². The molecule has 0 bridgehead atoms. The second-order valence-electron chi connectivity index (χ2n) is 3.30. The molecule has 0 unspecified atom stereocenters. The number of ether oxygens (including phenoxy) is 1. The summed E-state index contributed by atoms with van der Waals surface area (Å²) < 4.78 is 5.45. The maximum Gasteiger partial charge on any atom is 0.150 e. The Balaban J connectivity index is 2.92. The molecule has 2 nitrogen and oxygen atoms in total. The molecule has 0 aliphatic rings. The summed E-state index contributed by atoms with van der Waals surface area (Å²) in [6, 6.07) is 5.53. The Hall–Kier alpha value is -1.31. The molecule has 0 heterocycles. The Labute approximate surface area is 78.5 Å². The molecule has 0 fully saturated rings. The summed E-state index contributed by atoms with van der Waals surface area (Å²) in [5, 5.41) is 0. The van der Waals surface area contributed by atoms with Gasteiger partial charge in [0.05, 0.1) is 6.10 Å². The Morgan fingerprint density at radius 2 is 2.08 bits per heavy atom. The van der Waals surface area contributed by atoms with Gasteiger partial charge in [0.1, 0.15) is 12.0 Å². The standard InChI is InChI=1S/C11H14O2/c1-8(2)13-11-5-4-9(3)10(6-11)7-12/h4-8H,1-3H3. The van der Waals surface area contributed by atoms with E-state index in [2.05, 4.69) is 0 Å². The minimum Gasteiger partial charge on any atom is -0.491 e. The number of rotatable bonds is 3. The largest absolute Gasteiger partial charge is 0.491 e. The molecule has 1 rings (SSSR count). The summed E-state index contributed by atoms with van der Waals surface area (Å²) in [7, 11) is 0. The number of carbonyl (C=O) groups excluding carboxylic acids is 1. The van der Waals surface area contributed by atoms with E-state index >= 15 is 0 Å². The number of hydrogen-bond donors (Lipinski definition) is 0. The molecule has 0 spiro atoms. The summed E-state index contributed by atoms with van der Waals surface area (Å²) >= 11 is 0. The van der Waals surface area contributed by atoms with Gasteiger partial charge in [-0.05, 0) is 38.5 Å². The SMILES string of the molecule is Cc1ccc(OC(C)C)cc1C=O. The van der Waals surface area contributed by atoms with E-state index in [-0.39, 0.29) is 6.10 Å². The highest BCUT2D eigenvalue weighted by Gasteiger charge is 2.01. The van der Waals surface area contributed by atoms with Crippen LogP contribution in [0.2, 0.25) is 0 Å². The van der Waals surface area contributed by atoms with Gasteiger partial charge in [-0.15, -0.1) is 0 Å². The third-order valence-corrected chi connectivity index (χ3v) is 1.75. The van der Waals surface area contributed by atoms with Crippen LogP contribution in [0.25, 0.3) is 0 Å². The van der Waals surface area contributed by atoms with Gasteiger partial charge in [-0.25, -0.2) is 0 Å². The van der Waals surface area contributed by atoms with Gasteiger partial charge in [0.15, 0.2) is 0 Å². The monoisotopic (exact) mass is 178 g/mol. The van der Waals surface area contributed by atoms with Gasteiger partial charge in [0.25, 0.3) is 0 Å². The van der Waals surface area contributed by atoms with Crippen molar-refractivity contribution in [3.8, 4) is 5.75 Å². The summed E-state index contributed by atoms with van der Waals surface area (Å²) in [5.41, 5.74) is 1.67. The highest BCUT2D eigenvalue weighted by atomic mass is 16.5. The third kappa shape index (κ3) is 2.58. The lowest BCUT2D eigenvalue weighted by Gasteiger charge is -2.10. The van der Waals surface area contributed by atoms with Crippen LogP contribution in [0.3, 0.4) is 0 Å². The summed E-state index contributed by atoms with van der Waals surface area (Å²) in [6.07, 6.45) is 0.991. The number of hydrogen-bond acceptors (Lipinski definition) is 2. The lowest BCUT2D eigenvalue weighted by Crippen LogP contribution is -2.05. The van der Waals surface area contributed by atoms with Crippen molar-refractivity contribution in [2.24, 2.45) is 0 Å². The van der Waals surface area contributed by atoms with Gasteiger partial charge < -0.3 is 4.74 Å². The van der Waals surface area contributed by atoms with Gasteiger partial charge in [-0.2, -0.15) is 0 Å². The highest BCUT2D eigenvalue weighted by molar-refractivity contribution is 5.77. The van der Waals surface area contributed by atoms with Crippen LogP contribution in [0.4, 0.5) is 0 Å². The van der Waals surface area contributed by atoms with Crippen LogP contribution in [0.1, 0.15) is 29.8 Å². The molecule has 0 aliphatic heterocycles. The third-order valence-electron chi connectivity index (χ3n) is 1.75. The van der Waals surface area contributed by atoms with Crippen LogP contribution in [-0.2, 0) is 0 Å². The molecule has 0 radical (unpaired) electrons. The number of benzene rings is 1. The lowest BCUT2D eigenvalue weighted by molar-refractivity contribution is 0.112. The van der Waals surface area contributed by atoms with Crippen LogP contribution in [-0.4, -0.2) is 12.4 Å². The van der Waals surface area contributed by atoms with Gasteiger partial charge in [0.2, 0.25) is 0 Å². The fraction of sp³-hybridized carbons (Fsp3) is 0.364. The first-order chi connectivity index (χ1) is 6.13. The second kappa shape index (κ2) is 4.08. The van der Waals surface area contributed by atoms with Gasteiger partial charge in [-0.3, -0.25) is 4.79 Å². The molecular weight excluding hydrogens is 164 g/mol. The molecule has 1 aromatic carbocycles. The Morgan fingerprint density at radius 1 is 1.38 bits per heavy atom. The molecule has 0 saturated carbocycles. The zero-order chi connectivity index (χ0) is 9.84. The van der Waals surface area contributed by atoms with Crippen molar-refractivity contribution in [2.75, 3.05) is 0 Å². The van der Waals surface area contributed by atoms with Crippen molar-refractivity contribution in [1.29, 1.82) is 0 Å². The Bertz CT molecular complexity index is 303. The minimum atomic E-state index is 0.141. The summed E-state index contributed by atoms with van der Waals surface area (Å²) in [4.78, 5) is 10.6. The van der Waals surface area contributed by atoms with E-state index in [4.69, 9.17) is 4.74 Å². The number of aryl methyl sites for hydroxylation is 1. The van der Waals surface area contributed by atoms with E-state index in [1.807, 2.05) is 32.9 Å². The Kier molecular flexibility index (Phi) is 3.07. The fourth-order valence-corrected chi connectivity index (χ4v) is 1.09. The maximum absolute atomic E-state index is 10.6. The molecule has 0 atom stereocenters. The van der Waals surface area contributed by atoms with Crippen molar-refractivity contribution in [3.63, 3.8) is 0 Å². The average Bonchev–Trinajstić information content (AvgIpc) is 2.07. The molecule has 0 aliphatic carbocycles. The van der Waals surface area contributed by atoms with Crippen LogP contribution in [0, 0.1) is 6.92 Å². The molecule has 13 heavy (non-hydrogen) atoms. The fourth-order valence-electron chi connectivity index (χ4n) is 1.09. The second-order valence-corrected chi connectivity index (χ2v) is 3.30. The molecule has 0 saturated heterocycles.